The zero-order valence-electron chi connectivity index (χ0n) is 16.9. The summed E-state index contributed by atoms with van der Waals surface area (Å²) in [5, 5.41) is 3.01. The second kappa shape index (κ2) is 8.51. The summed E-state index contributed by atoms with van der Waals surface area (Å²) < 4.78 is 60.0. The summed E-state index contributed by atoms with van der Waals surface area (Å²) in [4.78, 5) is 11.4. The number of rotatable bonds is 6. The van der Waals surface area contributed by atoms with Crippen molar-refractivity contribution in [3.05, 3.63) is 29.8 Å². The molecule has 2 heterocycles. The molecule has 3 aliphatic rings. The molecule has 3 fully saturated rings. The van der Waals surface area contributed by atoms with Gasteiger partial charge in [0.05, 0.1) is 10.5 Å². The fraction of sp³-hybridized carbons (Fsp3) is 0.667. The lowest BCUT2D eigenvalue weighted by molar-refractivity contribution is -0.124. The minimum Gasteiger partial charge on any atom is -0.375 e. The highest BCUT2D eigenvalue weighted by Crippen LogP contribution is 2.40. The minimum absolute atomic E-state index is 0.157. The number of amides is 1. The molecular formula is C21H28F2N2O4S. The van der Waals surface area contributed by atoms with E-state index in [9.17, 15) is 22.0 Å². The Kier molecular flexibility index (Phi) is 6.14. The topological polar surface area (TPSA) is 75.7 Å². The Labute approximate surface area is 176 Å². The Bertz CT molecular complexity index is 876. The molecule has 1 spiro atoms. The summed E-state index contributed by atoms with van der Waals surface area (Å²) in [5.74, 6) is -1.02. The predicted octanol–water partition coefficient (Wildman–Crippen LogP) is 2.83. The normalized spacial score (nSPS) is 24.7. The van der Waals surface area contributed by atoms with E-state index in [-0.39, 0.29) is 35.4 Å². The first-order chi connectivity index (χ1) is 14.3. The molecule has 9 heteroatoms. The van der Waals surface area contributed by atoms with Gasteiger partial charge in [0.15, 0.2) is 0 Å². The van der Waals surface area contributed by atoms with Crippen LogP contribution < -0.4 is 5.32 Å². The van der Waals surface area contributed by atoms with Crippen molar-refractivity contribution < 1.29 is 26.7 Å². The molecular weight excluding hydrogens is 414 g/mol. The quantitative estimate of drug-likeness (QED) is 0.735. The van der Waals surface area contributed by atoms with Crippen LogP contribution in [-0.2, 0) is 19.6 Å². The highest BCUT2D eigenvalue weighted by atomic mass is 32.2. The molecule has 2 aliphatic heterocycles. The first-order valence-electron chi connectivity index (χ1n) is 10.7. The van der Waals surface area contributed by atoms with Crippen LogP contribution in [0.15, 0.2) is 23.1 Å². The van der Waals surface area contributed by atoms with Crippen LogP contribution in [0.3, 0.4) is 0 Å². The lowest BCUT2D eigenvalue weighted by Gasteiger charge is -2.46. The van der Waals surface area contributed by atoms with Crippen LogP contribution in [-0.4, -0.2) is 50.5 Å². The summed E-state index contributed by atoms with van der Waals surface area (Å²) in [6.07, 6.45) is 5.76. The van der Waals surface area contributed by atoms with Crippen molar-refractivity contribution in [2.75, 3.05) is 26.2 Å². The number of carbonyl (C=O) groups is 1. The van der Waals surface area contributed by atoms with Gasteiger partial charge in [0, 0.05) is 38.2 Å². The first kappa shape index (κ1) is 21.6. The fourth-order valence-electron chi connectivity index (χ4n) is 4.57. The summed E-state index contributed by atoms with van der Waals surface area (Å²) in [5.41, 5.74) is -0.359. The molecule has 6 nitrogen and oxygen atoms in total. The van der Waals surface area contributed by atoms with Gasteiger partial charge in [-0.25, -0.2) is 17.2 Å². The number of nitrogens with one attached hydrogen (secondary N) is 1. The molecule has 166 valence electrons. The third-order valence-electron chi connectivity index (χ3n) is 6.50. The maximum atomic E-state index is 13.5. The number of benzene rings is 1. The molecule has 1 aliphatic carbocycles. The molecule has 1 amide bonds. The maximum Gasteiger partial charge on any atom is 0.243 e. The number of ether oxygens (including phenoxy) is 1. The van der Waals surface area contributed by atoms with Gasteiger partial charge in [-0.2, -0.15) is 4.31 Å². The molecule has 0 bridgehead atoms. The molecule has 1 atom stereocenters. The predicted molar refractivity (Wildman–Crippen MR) is 106 cm³/mol. The highest BCUT2D eigenvalue weighted by molar-refractivity contribution is 7.89. The van der Waals surface area contributed by atoms with Gasteiger partial charge in [-0.1, -0.05) is 0 Å². The Balaban J connectivity index is 1.32. The van der Waals surface area contributed by atoms with E-state index in [4.69, 9.17) is 4.74 Å². The number of halogens is 2. The van der Waals surface area contributed by atoms with Crippen LogP contribution >= 0.6 is 0 Å². The van der Waals surface area contributed by atoms with Crippen molar-refractivity contribution in [1.29, 1.82) is 0 Å². The average molecular weight is 443 g/mol. The third kappa shape index (κ3) is 4.84. The highest BCUT2D eigenvalue weighted by Gasteiger charge is 2.42. The molecule has 1 aromatic rings. The summed E-state index contributed by atoms with van der Waals surface area (Å²) >= 11 is 0. The first-order valence-corrected chi connectivity index (χ1v) is 12.1. The molecule has 30 heavy (non-hydrogen) atoms. The molecule has 0 radical (unpaired) electrons. The summed E-state index contributed by atoms with van der Waals surface area (Å²) in [6.45, 7) is 1.81. The van der Waals surface area contributed by atoms with Crippen LogP contribution in [0, 0.1) is 23.5 Å². The average Bonchev–Trinajstić information content (AvgIpc) is 3.53. The van der Waals surface area contributed by atoms with Crippen LogP contribution in [0.4, 0.5) is 8.78 Å². The number of nitrogens with zero attached hydrogens (tertiary/aromatic N) is 1. The molecule has 4 rings (SSSR count). The molecule has 1 unspecified atom stereocenters. The van der Waals surface area contributed by atoms with Gasteiger partial charge in [0.25, 0.3) is 0 Å². The van der Waals surface area contributed by atoms with E-state index in [0.29, 0.717) is 38.0 Å². The minimum atomic E-state index is -3.95. The van der Waals surface area contributed by atoms with Gasteiger partial charge in [0.1, 0.15) is 11.6 Å². The van der Waals surface area contributed by atoms with Gasteiger partial charge in [0.2, 0.25) is 15.9 Å². The van der Waals surface area contributed by atoms with Gasteiger partial charge in [-0.05, 0) is 63.0 Å². The smallest absolute Gasteiger partial charge is 0.243 e. The summed E-state index contributed by atoms with van der Waals surface area (Å²) in [6, 6.07) is 2.37. The number of sulfonamides is 1. The monoisotopic (exact) mass is 442 g/mol. The van der Waals surface area contributed by atoms with E-state index in [1.807, 2.05) is 0 Å². The zero-order chi connectivity index (χ0) is 21.4. The van der Waals surface area contributed by atoms with Crippen LogP contribution in [0.2, 0.25) is 0 Å². The van der Waals surface area contributed by atoms with Crippen molar-refractivity contribution in [3.63, 3.8) is 0 Å². The maximum absolute atomic E-state index is 13.5. The van der Waals surface area contributed by atoms with Crippen molar-refractivity contribution in [3.8, 4) is 0 Å². The van der Waals surface area contributed by atoms with Crippen molar-refractivity contribution >= 4 is 15.9 Å². The number of hydrogen-bond donors (Lipinski definition) is 1. The summed E-state index contributed by atoms with van der Waals surface area (Å²) in [7, 11) is -3.95. The molecule has 2 saturated heterocycles. The molecule has 1 N–H and O–H groups in total. The molecule has 0 aromatic heterocycles. The second-order valence-corrected chi connectivity index (χ2v) is 10.7. The van der Waals surface area contributed by atoms with E-state index >= 15 is 0 Å². The Hall–Kier alpha value is -1.58. The Morgan fingerprint density at radius 3 is 2.43 bits per heavy atom. The van der Waals surface area contributed by atoms with Gasteiger partial charge in [-0.15, -0.1) is 0 Å². The second-order valence-electron chi connectivity index (χ2n) is 8.75. The Morgan fingerprint density at radius 1 is 1.13 bits per heavy atom. The molecule has 1 saturated carbocycles. The van der Waals surface area contributed by atoms with E-state index in [2.05, 4.69) is 5.32 Å². The van der Waals surface area contributed by atoms with Gasteiger partial charge < -0.3 is 10.1 Å². The van der Waals surface area contributed by atoms with E-state index in [1.165, 1.54) is 4.31 Å². The van der Waals surface area contributed by atoms with Crippen molar-refractivity contribution in [1.82, 2.24) is 9.62 Å². The van der Waals surface area contributed by atoms with E-state index < -0.39 is 21.7 Å². The van der Waals surface area contributed by atoms with Crippen LogP contribution in [0.25, 0.3) is 0 Å². The number of piperidine rings is 1. The van der Waals surface area contributed by atoms with Crippen molar-refractivity contribution in [2.24, 2.45) is 11.8 Å². The van der Waals surface area contributed by atoms with Gasteiger partial charge in [-0.3, -0.25) is 4.79 Å². The third-order valence-corrected chi connectivity index (χ3v) is 8.38. The lowest BCUT2D eigenvalue weighted by atomic mass is 9.79. The fourth-order valence-corrected chi connectivity index (χ4v) is 6.06. The van der Waals surface area contributed by atoms with E-state index in [0.717, 1.165) is 44.2 Å². The van der Waals surface area contributed by atoms with Crippen molar-refractivity contribution in [2.45, 2.75) is 55.4 Å². The number of hydrogen-bond acceptors (Lipinski definition) is 4. The van der Waals surface area contributed by atoms with E-state index in [1.54, 1.807) is 0 Å². The van der Waals surface area contributed by atoms with Crippen LogP contribution in [0.5, 0.6) is 0 Å². The number of carbonyl (C=O) groups excluding carboxylic acids is 1. The van der Waals surface area contributed by atoms with Gasteiger partial charge >= 0.3 is 0 Å². The Morgan fingerprint density at radius 2 is 1.80 bits per heavy atom. The lowest BCUT2D eigenvalue weighted by Crippen LogP contribution is -2.51. The zero-order valence-corrected chi connectivity index (χ0v) is 17.7. The van der Waals surface area contributed by atoms with Crippen LogP contribution in [0.1, 0.15) is 44.9 Å². The standard InChI is InChI=1S/C21H28F2N2O4S/c22-17-11-18(23)13-19(12-17)30(27,28)25-8-5-21(6-9-25)14-15(4-10-29-21)3-7-24-20(26)16-1-2-16/h11-13,15-16H,1-10,14H2,(H,24,26). The molecule has 1 aromatic carbocycles. The SMILES string of the molecule is O=C(NCCC1CCOC2(CCN(S(=O)(=O)c3cc(F)cc(F)c3)CC2)C1)C1CC1. The largest absolute Gasteiger partial charge is 0.375 e.